The Kier molecular flexibility index (Phi) is 6.51. The maximum Gasteiger partial charge on any atom is 0.164 e. The van der Waals surface area contributed by atoms with Gasteiger partial charge in [0.25, 0.3) is 0 Å². The first-order valence-corrected chi connectivity index (χ1v) is 18.4. The summed E-state index contributed by atoms with van der Waals surface area (Å²) in [6.07, 6.45) is 4.24. The zero-order chi connectivity index (χ0) is 34.2. The number of hydrogen-bond donors (Lipinski definition) is 0. The highest BCUT2D eigenvalue weighted by molar-refractivity contribution is 7.25. The summed E-state index contributed by atoms with van der Waals surface area (Å²) >= 11 is 1.83. The molecule has 0 bridgehead atoms. The van der Waals surface area contributed by atoms with E-state index in [1.54, 1.807) is 0 Å². The van der Waals surface area contributed by atoms with Crippen molar-refractivity contribution in [1.29, 1.82) is 0 Å². The normalized spacial score (nSPS) is 16.5. The fourth-order valence-electron chi connectivity index (χ4n) is 7.97. The molecule has 0 radical (unpaired) electrons. The molecule has 244 valence electrons. The van der Waals surface area contributed by atoms with Crippen LogP contribution in [0, 0.1) is 0 Å². The largest absolute Gasteiger partial charge is 0.485 e. The van der Waals surface area contributed by atoms with Gasteiger partial charge in [-0.2, -0.15) is 0 Å². The van der Waals surface area contributed by atoms with E-state index in [1.165, 1.54) is 30.9 Å². The number of ether oxygens (including phenoxy) is 1. The average molecular weight is 684 g/mol. The maximum atomic E-state index is 6.60. The van der Waals surface area contributed by atoms with Crippen LogP contribution in [0.3, 0.4) is 0 Å². The smallest absolute Gasteiger partial charge is 0.164 e. The third kappa shape index (κ3) is 4.70. The molecule has 1 aliphatic carbocycles. The predicted octanol–water partition coefficient (Wildman–Crippen LogP) is 11.9. The van der Waals surface area contributed by atoms with Crippen molar-refractivity contribution >= 4 is 64.2 Å². The van der Waals surface area contributed by atoms with Crippen molar-refractivity contribution in [2.45, 2.75) is 12.0 Å². The third-order valence-corrected chi connectivity index (χ3v) is 11.6. The van der Waals surface area contributed by atoms with Crippen LogP contribution in [0.25, 0.3) is 75.6 Å². The van der Waals surface area contributed by atoms with Gasteiger partial charge in [0.05, 0.1) is 5.92 Å². The van der Waals surface area contributed by atoms with Gasteiger partial charge in [-0.25, -0.2) is 15.0 Å². The van der Waals surface area contributed by atoms with Crippen LogP contribution in [0.2, 0.25) is 0 Å². The number of fused-ring (bicyclic) bond motifs is 8. The average Bonchev–Trinajstić information content (AvgIpc) is 3.78. The second-order valence-corrected chi connectivity index (χ2v) is 14.6. The van der Waals surface area contributed by atoms with Gasteiger partial charge in [-0.15, -0.1) is 11.3 Å². The highest BCUT2D eigenvalue weighted by atomic mass is 32.1. The molecule has 0 spiro atoms. The van der Waals surface area contributed by atoms with Crippen molar-refractivity contribution in [2.75, 3.05) is 0 Å². The zero-order valence-electron chi connectivity index (χ0n) is 27.9. The van der Waals surface area contributed by atoms with Gasteiger partial charge in [0, 0.05) is 42.4 Å². The van der Waals surface area contributed by atoms with Gasteiger partial charge < -0.3 is 4.74 Å². The molecule has 0 saturated heterocycles. The van der Waals surface area contributed by atoms with Gasteiger partial charge in [-0.05, 0) is 75.2 Å². The summed E-state index contributed by atoms with van der Waals surface area (Å²) in [4.78, 5) is 15.9. The molecule has 0 N–H and O–H groups in total. The Bertz CT molecular complexity index is 2880. The molecule has 0 fully saturated rings. The molecule has 0 amide bonds. The maximum absolute atomic E-state index is 6.60. The summed E-state index contributed by atoms with van der Waals surface area (Å²) in [6, 6.07) is 53.6. The van der Waals surface area contributed by atoms with E-state index in [0.717, 1.165) is 49.9 Å². The van der Waals surface area contributed by atoms with E-state index in [2.05, 4.69) is 158 Å². The molecular formula is C47H29N3OS. The Morgan fingerprint density at radius 2 is 1.08 bits per heavy atom. The van der Waals surface area contributed by atoms with Crippen LogP contribution < -0.4 is 4.74 Å². The molecule has 5 heteroatoms. The Labute approximate surface area is 304 Å². The van der Waals surface area contributed by atoms with Gasteiger partial charge in [-0.1, -0.05) is 121 Å². The van der Waals surface area contributed by atoms with Crippen molar-refractivity contribution in [3.63, 3.8) is 0 Å². The third-order valence-electron chi connectivity index (χ3n) is 10.5. The number of thiophene rings is 1. The Morgan fingerprint density at radius 1 is 0.481 bits per heavy atom. The fourth-order valence-corrected chi connectivity index (χ4v) is 9.06. The highest BCUT2D eigenvalue weighted by Gasteiger charge is 2.40. The van der Waals surface area contributed by atoms with E-state index >= 15 is 0 Å². The van der Waals surface area contributed by atoms with E-state index < -0.39 is 0 Å². The lowest BCUT2D eigenvalue weighted by Crippen LogP contribution is -2.22. The van der Waals surface area contributed by atoms with E-state index in [1.807, 2.05) is 17.4 Å². The fraction of sp³-hybridized carbons (Fsp3) is 0.0426. The van der Waals surface area contributed by atoms with Gasteiger partial charge in [0.1, 0.15) is 11.9 Å². The molecular weight excluding hydrogens is 655 g/mol. The topological polar surface area (TPSA) is 47.9 Å². The summed E-state index contributed by atoms with van der Waals surface area (Å²) in [6.45, 7) is 0. The molecule has 3 heterocycles. The minimum Gasteiger partial charge on any atom is -0.485 e. The van der Waals surface area contributed by atoms with Crippen LogP contribution in [-0.4, -0.2) is 21.1 Å². The van der Waals surface area contributed by atoms with Crippen LogP contribution in [0.4, 0.5) is 0 Å². The molecule has 4 nitrogen and oxygen atoms in total. The summed E-state index contributed by atoms with van der Waals surface area (Å²) < 4.78 is 9.16. The van der Waals surface area contributed by atoms with Crippen molar-refractivity contribution in [3.8, 4) is 28.5 Å². The molecule has 11 rings (SSSR count). The van der Waals surface area contributed by atoms with E-state index in [9.17, 15) is 0 Å². The van der Waals surface area contributed by atoms with Crippen LogP contribution in [0.5, 0.6) is 5.75 Å². The number of aromatic nitrogens is 3. The molecule has 2 aromatic heterocycles. The molecule has 9 aromatic rings. The van der Waals surface area contributed by atoms with Crippen LogP contribution >= 0.6 is 11.3 Å². The number of rotatable bonds is 4. The van der Waals surface area contributed by atoms with Gasteiger partial charge >= 0.3 is 0 Å². The van der Waals surface area contributed by atoms with E-state index in [-0.39, 0.29) is 12.0 Å². The summed E-state index contributed by atoms with van der Waals surface area (Å²) in [7, 11) is 0. The lowest BCUT2D eigenvalue weighted by molar-refractivity contribution is 0.271. The Balaban J connectivity index is 1.19. The first kappa shape index (κ1) is 29.3. The molecule has 7 aromatic carbocycles. The summed E-state index contributed by atoms with van der Waals surface area (Å²) in [5, 5.41) is 7.17. The second-order valence-electron chi connectivity index (χ2n) is 13.5. The number of para-hydroxylation sites is 1. The SMILES string of the molecule is C1=CC2Oc3ccccc3C2C(c2nc(-c3ccc4ccccc4c3)nc(-c3ccc4ccccc4c3)n2)=C1c1ccc2sc3ccccc3c2c1. The first-order chi connectivity index (χ1) is 25.7. The van der Waals surface area contributed by atoms with Crippen LogP contribution in [0.1, 0.15) is 22.9 Å². The number of benzene rings is 7. The lowest BCUT2D eigenvalue weighted by atomic mass is 9.79. The summed E-state index contributed by atoms with van der Waals surface area (Å²) in [5.41, 5.74) is 6.31. The standard InChI is InChI=1S/C47H29N3OS/c1-3-11-30-25-33(19-17-28(30)9-1)45-48-46(34-20-18-29-10-2-4-12-31(29)26-34)50-47(49-45)44-35(22-23-40-43(44)37-14-5-7-15-39(37)51-40)32-21-24-42-38(27-32)36-13-6-8-16-41(36)52-42/h1-27,40,43H. The van der Waals surface area contributed by atoms with Crippen LogP contribution in [0.15, 0.2) is 164 Å². The lowest BCUT2D eigenvalue weighted by Gasteiger charge is -2.26. The van der Waals surface area contributed by atoms with Crippen molar-refractivity contribution in [2.24, 2.45) is 0 Å². The van der Waals surface area contributed by atoms with Gasteiger partial charge in [-0.3, -0.25) is 0 Å². The monoisotopic (exact) mass is 683 g/mol. The number of hydrogen-bond acceptors (Lipinski definition) is 5. The van der Waals surface area contributed by atoms with E-state index in [0.29, 0.717) is 17.5 Å². The quantitative estimate of drug-likeness (QED) is 0.185. The van der Waals surface area contributed by atoms with Crippen LogP contribution in [-0.2, 0) is 0 Å². The predicted molar refractivity (Wildman–Crippen MR) is 215 cm³/mol. The van der Waals surface area contributed by atoms with Crippen molar-refractivity contribution in [3.05, 3.63) is 181 Å². The van der Waals surface area contributed by atoms with Crippen molar-refractivity contribution < 1.29 is 4.74 Å². The molecule has 52 heavy (non-hydrogen) atoms. The Hall–Kier alpha value is -6.43. The minimum atomic E-state index is -0.174. The highest BCUT2D eigenvalue weighted by Crippen LogP contribution is 2.51. The van der Waals surface area contributed by atoms with Crippen molar-refractivity contribution in [1.82, 2.24) is 15.0 Å². The minimum absolute atomic E-state index is 0.0950. The summed E-state index contributed by atoms with van der Waals surface area (Å²) in [5.74, 6) is 2.75. The second kappa shape index (κ2) is 11.6. The van der Waals surface area contributed by atoms with Gasteiger partial charge in [0.15, 0.2) is 17.5 Å². The zero-order valence-corrected chi connectivity index (χ0v) is 28.7. The molecule has 1 aliphatic heterocycles. The van der Waals surface area contributed by atoms with Gasteiger partial charge in [0.2, 0.25) is 0 Å². The number of nitrogens with zero attached hydrogens (tertiary/aromatic N) is 3. The van der Waals surface area contributed by atoms with E-state index in [4.69, 9.17) is 19.7 Å². The number of allylic oxidation sites excluding steroid dienone is 2. The molecule has 2 atom stereocenters. The molecule has 2 aliphatic rings. The first-order valence-electron chi connectivity index (χ1n) is 17.6. The molecule has 0 saturated carbocycles. The molecule has 2 unspecified atom stereocenters. The Morgan fingerprint density at radius 3 is 1.83 bits per heavy atom.